The van der Waals surface area contributed by atoms with E-state index in [2.05, 4.69) is 5.32 Å². The molecule has 0 bridgehead atoms. The van der Waals surface area contributed by atoms with Crippen LogP contribution >= 0.6 is 0 Å². The van der Waals surface area contributed by atoms with Gasteiger partial charge in [-0.05, 0) is 31.5 Å². The minimum absolute atomic E-state index is 0.0205. The first-order valence-electron chi connectivity index (χ1n) is 6.21. The van der Waals surface area contributed by atoms with Gasteiger partial charge in [0, 0.05) is 24.4 Å². The van der Waals surface area contributed by atoms with E-state index in [0.29, 0.717) is 0 Å². The third kappa shape index (κ3) is 4.77. The van der Waals surface area contributed by atoms with Crippen molar-refractivity contribution in [1.82, 2.24) is 5.32 Å². The Balaban J connectivity index is 2.51. The fraction of sp³-hybridized carbons (Fsp3) is 0.429. The number of carbonyl (C=O) groups is 2. The number of nitrogens with one attached hydrogen (secondary N) is 1. The molecule has 0 spiro atoms. The molecule has 104 valence electrons. The van der Waals surface area contributed by atoms with E-state index in [4.69, 9.17) is 0 Å². The topological polar surface area (TPSA) is 46.2 Å². The zero-order valence-electron chi connectivity index (χ0n) is 11.0. The molecule has 1 rings (SSSR count). The predicted octanol–water partition coefficient (Wildman–Crippen LogP) is 2.84. The van der Waals surface area contributed by atoms with E-state index < -0.39 is 11.6 Å². The Morgan fingerprint density at radius 2 is 1.89 bits per heavy atom. The minimum Gasteiger partial charge on any atom is -0.354 e. The first kappa shape index (κ1) is 15.3. The Kier molecular flexibility index (Phi) is 5.60. The fourth-order valence-electron chi connectivity index (χ4n) is 1.49. The molecule has 0 heterocycles. The monoisotopic (exact) mass is 269 g/mol. The first-order chi connectivity index (χ1) is 8.93. The summed E-state index contributed by atoms with van der Waals surface area (Å²) in [6.07, 6.45) is 0.832. The number of ketones is 1. The highest BCUT2D eigenvalue weighted by atomic mass is 19.2. The molecule has 1 amide bonds. The number of carbonyl (C=O) groups excluding carboxylic acids is 2. The van der Waals surface area contributed by atoms with Gasteiger partial charge in [-0.1, -0.05) is 6.92 Å². The van der Waals surface area contributed by atoms with Crippen LogP contribution in [0, 0.1) is 11.6 Å². The Morgan fingerprint density at radius 1 is 1.21 bits per heavy atom. The van der Waals surface area contributed by atoms with Crippen molar-refractivity contribution in [1.29, 1.82) is 0 Å². The fourth-order valence-corrected chi connectivity index (χ4v) is 1.49. The molecule has 1 aromatic carbocycles. The summed E-state index contributed by atoms with van der Waals surface area (Å²) in [5.41, 5.74) is 0.0789. The van der Waals surface area contributed by atoms with Gasteiger partial charge in [0.25, 0.3) is 0 Å². The van der Waals surface area contributed by atoms with Gasteiger partial charge < -0.3 is 5.32 Å². The summed E-state index contributed by atoms with van der Waals surface area (Å²) in [6, 6.07) is 3.03. The van der Waals surface area contributed by atoms with E-state index in [1.807, 2.05) is 13.8 Å². The molecule has 0 saturated carbocycles. The van der Waals surface area contributed by atoms with Gasteiger partial charge in [-0.15, -0.1) is 0 Å². The van der Waals surface area contributed by atoms with Gasteiger partial charge in [-0.25, -0.2) is 8.78 Å². The van der Waals surface area contributed by atoms with Crippen LogP contribution in [-0.2, 0) is 4.79 Å². The summed E-state index contributed by atoms with van der Waals surface area (Å²) in [5, 5.41) is 2.73. The Labute approximate surface area is 111 Å². The van der Waals surface area contributed by atoms with Crippen LogP contribution in [0.25, 0.3) is 0 Å². The number of halogens is 2. The summed E-state index contributed by atoms with van der Waals surface area (Å²) in [4.78, 5) is 23.2. The van der Waals surface area contributed by atoms with Crippen LogP contribution in [0.15, 0.2) is 18.2 Å². The van der Waals surface area contributed by atoms with E-state index in [1.165, 1.54) is 6.07 Å². The van der Waals surface area contributed by atoms with Crippen LogP contribution in [0.4, 0.5) is 8.78 Å². The smallest absolute Gasteiger partial charge is 0.220 e. The zero-order valence-corrected chi connectivity index (χ0v) is 11.0. The van der Waals surface area contributed by atoms with Crippen molar-refractivity contribution in [3.8, 4) is 0 Å². The van der Waals surface area contributed by atoms with Crippen LogP contribution < -0.4 is 5.32 Å². The molecule has 0 radical (unpaired) electrons. The number of benzene rings is 1. The molecular formula is C14H17F2NO2. The highest BCUT2D eigenvalue weighted by Crippen LogP contribution is 2.11. The molecule has 1 atom stereocenters. The molecule has 1 aromatic rings. The number of amides is 1. The summed E-state index contributed by atoms with van der Waals surface area (Å²) in [6.45, 7) is 3.81. The van der Waals surface area contributed by atoms with E-state index in [1.54, 1.807) is 0 Å². The van der Waals surface area contributed by atoms with Crippen LogP contribution in [0.3, 0.4) is 0 Å². The van der Waals surface area contributed by atoms with Gasteiger partial charge in [0.2, 0.25) is 5.91 Å². The summed E-state index contributed by atoms with van der Waals surface area (Å²) < 4.78 is 25.7. The van der Waals surface area contributed by atoms with Crippen molar-refractivity contribution in [2.45, 2.75) is 39.2 Å². The van der Waals surface area contributed by atoms with Crippen LogP contribution in [0.1, 0.15) is 43.5 Å². The Hall–Kier alpha value is -1.78. The maximum atomic E-state index is 12.9. The number of hydrogen-bond acceptors (Lipinski definition) is 2. The lowest BCUT2D eigenvalue weighted by Crippen LogP contribution is -2.32. The van der Waals surface area contributed by atoms with Gasteiger partial charge in [-0.3, -0.25) is 9.59 Å². The minimum atomic E-state index is -1.06. The lowest BCUT2D eigenvalue weighted by atomic mass is 10.1. The zero-order chi connectivity index (χ0) is 14.4. The molecule has 1 unspecified atom stereocenters. The Bertz CT molecular complexity index is 475. The van der Waals surface area contributed by atoms with Gasteiger partial charge >= 0.3 is 0 Å². The van der Waals surface area contributed by atoms with Gasteiger partial charge in [0.1, 0.15) is 0 Å². The van der Waals surface area contributed by atoms with Gasteiger partial charge in [0.15, 0.2) is 17.4 Å². The summed E-state index contributed by atoms with van der Waals surface area (Å²) >= 11 is 0. The van der Waals surface area contributed by atoms with E-state index >= 15 is 0 Å². The van der Waals surface area contributed by atoms with Crippen molar-refractivity contribution in [2.75, 3.05) is 0 Å². The highest BCUT2D eigenvalue weighted by molar-refractivity contribution is 5.97. The predicted molar refractivity (Wildman–Crippen MR) is 67.8 cm³/mol. The quantitative estimate of drug-likeness (QED) is 0.807. The second-order valence-corrected chi connectivity index (χ2v) is 4.43. The molecule has 0 fully saturated rings. The van der Waals surface area contributed by atoms with Crippen LogP contribution in [-0.4, -0.2) is 17.7 Å². The molecule has 0 aliphatic rings. The number of Topliss-reactive ketones (excluding diaryl/α,β-unsaturated/α-hetero) is 1. The first-order valence-corrected chi connectivity index (χ1v) is 6.21. The average molecular weight is 269 g/mol. The second-order valence-electron chi connectivity index (χ2n) is 4.43. The Morgan fingerprint density at radius 3 is 2.47 bits per heavy atom. The molecular weight excluding hydrogens is 252 g/mol. The van der Waals surface area contributed by atoms with E-state index in [0.717, 1.165) is 18.6 Å². The lowest BCUT2D eigenvalue weighted by molar-refractivity contribution is -0.121. The normalized spacial score (nSPS) is 12.0. The van der Waals surface area contributed by atoms with E-state index in [-0.39, 0.29) is 36.1 Å². The third-order valence-electron chi connectivity index (χ3n) is 2.84. The molecule has 1 N–H and O–H groups in total. The maximum Gasteiger partial charge on any atom is 0.220 e. The molecule has 19 heavy (non-hydrogen) atoms. The molecule has 0 aromatic heterocycles. The largest absolute Gasteiger partial charge is 0.354 e. The van der Waals surface area contributed by atoms with Crippen LogP contribution in [0.2, 0.25) is 0 Å². The standard InChI is InChI=1S/C14H17F2NO2/c1-3-9(2)17-14(19)7-6-13(18)10-4-5-11(15)12(16)8-10/h4-5,8-9H,3,6-7H2,1-2H3,(H,17,19). The van der Waals surface area contributed by atoms with Gasteiger partial charge in [-0.2, -0.15) is 0 Å². The van der Waals surface area contributed by atoms with Crippen molar-refractivity contribution in [2.24, 2.45) is 0 Å². The maximum absolute atomic E-state index is 12.9. The lowest BCUT2D eigenvalue weighted by Gasteiger charge is -2.10. The summed E-state index contributed by atoms with van der Waals surface area (Å²) in [7, 11) is 0. The number of hydrogen-bond donors (Lipinski definition) is 1. The van der Waals surface area contributed by atoms with Crippen molar-refractivity contribution in [3.05, 3.63) is 35.4 Å². The summed E-state index contributed by atoms with van der Waals surface area (Å²) in [5.74, 6) is -2.65. The molecule has 3 nitrogen and oxygen atoms in total. The van der Waals surface area contributed by atoms with E-state index in [9.17, 15) is 18.4 Å². The van der Waals surface area contributed by atoms with Crippen molar-refractivity contribution >= 4 is 11.7 Å². The molecule has 5 heteroatoms. The molecule has 0 aliphatic carbocycles. The number of rotatable bonds is 6. The van der Waals surface area contributed by atoms with Crippen LogP contribution in [0.5, 0.6) is 0 Å². The third-order valence-corrected chi connectivity index (χ3v) is 2.84. The van der Waals surface area contributed by atoms with Gasteiger partial charge in [0.05, 0.1) is 0 Å². The molecule has 0 aliphatic heterocycles. The van der Waals surface area contributed by atoms with Crippen molar-refractivity contribution in [3.63, 3.8) is 0 Å². The van der Waals surface area contributed by atoms with Crippen molar-refractivity contribution < 1.29 is 18.4 Å². The second kappa shape index (κ2) is 6.97. The SMILES string of the molecule is CCC(C)NC(=O)CCC(=O)c1ccc(F)c(F)c1. The highest BCUT2D eigenvalue weighted by Gasteiger charge is 2.12. The molecule has 0 saturated heterocycles. The average Bonchev–Trinajstić information content (AvgIpc) is 2.39.